The fourth-order valence-corrected chi connectivity index (χ4v) is 4.61. The summed E-state index contributed by atoms with van der Waals surface area (Å²) in [5.74, 6) is -1.37. The van der Waals surface area contributed by atoms with Gasteiger partial charge in [0, 0.05) is 4.47 Å². The number of likely N-dealkylation sites (tertiary alicyclic amines) is 1. The number of carbonyl (C=O) groups excluding carboxylic acids is 2. The summed E-state index contributed by atoms with van der Waals surface area (Å²) >= 11 is 3.44. The molecule has 3 heterocycles. The summed E-state index contributed by atoms with van der Waals surface area (Å²) in [6, 6.07) is 7.87. The molecule has 5 nitrogen and oxygen atoms in total. The molecule has 3 aliphatic heterocycles. The molecule has 4 rings (SSSR count). The van der Waals surface area contributed by atoms with Crippen LogP contribution >= 0.6 is 15.9 Å². The Morgan fingerprint density at radius 2 is 2.15 bits per heavy atom. The van der Waals surface area contributed by atoms with E-state index < -0.39 is 17.4 Å². The standard InChI is InChI=1S/C20H22BrNO4/c1-3-10-25-19(24)16-15-8-9-20(26-15)11-22(18(23)17(16)20)12(2)13-4-6-14(21)7-5-13/h4-9,12,15-17H,3,10-11H2,1-2H3/t12-,15-,16-,17+,20+/m1/s1. The van der Waals surface area contributed by atoms with Crippen LogP contribution in [0.1, 0.15) is 31.9 Å². The summed E-state index contributed by atoms with van der Waals surface area (Å²) in [4.78, 5) is 27.6. The van der Waals surface area contributed by atoms with Crippen molar-refractivity contribution in [3.63, 3.8) is 0 Å². The molecule has 2 bridgehead atoms. The number of nitrogens with zero attached hydrogens (tertiary/aromatic N) is 1. The molecule has 0 saturated carbocycles. The van der Waals surface area contributed by atoms with Crippen LogP contribution in [-0.2, 0) is 19.1 Å². The van der Waals surface area contributed by atoms with Crippen LogP contribution in [0.3, 0.4) is 0 Å². The lowest BCUT2D eigenvalue weighted by atomic mass is 9.77. The van der Waals surface area contributed by atoms with Crippen molar-refractivity contribution in [2.24, 2.45) is 11.8 Å². The van der Waals surface area contributed by atoms with Crippen LogP contribution in [0.2, 0.25) is 0 Å². The third-order valence-corrected chi connectivity index (χ3v) is 6.20. The van der Waals surface area contributed by atoms with Gasteiger partial charge in [-0.3, -0.25) is 9.59 Å². The number of hydrogen-bond acceptors (Lipinski definition) is 4. The molecule has 3 aliphatic rings. The quantitative estimate of drug-likeness (QED) is 0.542. The summed E-state index contributed by atoms with van der Waals surface area (Å²) in [5.41, 5.74) is 0.364. The molecule has 138 valence electrons. The Morgan fingerprint density at radius 3 is 2.85 bits per heavy atom. The molecule has 26 heavy (non-hydrogen) atoms. The van der Waals surface area contributed by atoms with Gasteiger partial charge in [-0.15, -0.1) is 0 Å². The van der Waals surface area contributed by atoms with Gasteiger partial charge in [0.1, 0.15) is 11.5 Å². The molecule has 0 radical (unpaired) electrons. The van der Waals surface area contributed by atoms with E-state index in [4.69, 9.17) is 9.47 Å². The first kappa shape index (κ1) is 17.7. The highest BCUT2D eigenvalue weighted by atomic mass is 79.9. The molecule has 2 saturated heterocycles. The van der Waals surface area contributed by atoms with Gasteiger partial charge < -0.3 is 14.4 Å². The average Bonchev–Trinajstić information content (AvgIpc) is 3.28. The molecule has 0 unspecified atom stereocenters. The normalized spacial score (nSPS) is 32.8. The maximum Gasteiger partial charge on any atom is 0.312 e. The molecule has 6 heteroatoms. The van der Waals surface area contributed by atoms with Crippen molar-refractivity contribution >= 4 is 27.8 Å². The second-order valence-corrected chi connectivity index (χ2v) is 8.18. The topological polar surface area (TPSA) is 55.8 Å². The highest BCUT2D eigenvalue weighted by Crippen LogP contribution is 2.53. The Balaban J connectivity index is 1.59. The first-order valence-electron chi connectivity index (χ1n) is 9.06. The highest BCUT2D eigenvalue weighted by molar-refractivity contribution is 9.10. The van der Waals surface area contributed by atoms with Gasteiger partial charge >= 0.3 is 5.97 Å². The van der Waals surface area contributed by atoms with Gasteiger partial charge in [0.05, 0.1) is 31.2 Å². The lowest BCUT2D eigenvalue weighted by Gasteiger charge is -2.27. The minimum Gasteiger partial charge on any atom is -0.465 e. The number of halogens is 1. The van der Waals surface area contributed by atoms with E-state index in [0.29, 0.717) is 13.2 Å². The second-order valence-electron chi connectivity index (χ2n) is 7.26. The van der Waals surface area contributed by atoms with Gasteiger partial charge in [-0.05, 0) is 31.0 Å². The third-order valence-electron chi connectivity index (χ3n) is 5.67. The minimum absolute atomic E-state index is 0.0225. The van der Waals surface area contributed by atoms with E-state index >= 15 is 0 Å². The number of rotatable bonds is 5. The molecule has 0 aliphatic carbocycles. The molecular formula is C20H22BrNO4. The summed E-state index contributed by atoms with van der Waals surface area (Å²) in [6.45, 7) is 4.81. The average molecular weight is 420 g/mol. The van der Waals surface area contributed by atoms with Gasteiger partial charge in [-0.2, -0.15) is 0 Å². The highest BCUT2D eigenvalue weighted by Gasteiger charge is 2.67. The first-order valence-corrected chi connectivity index (χ1v) is 9.86. The van der Waals surface area contributed by atoms with E-state index in [1.165, 1.54) is 0 Å². The Kier molecular flexibility index (Phi) is 4.43. The Hall–Kier alpha value is -1.66. The molecule has 1 spiro atoms. The molecule has 1 aromatic rings. The van der Waals surface area contributed by atoms with E-state index in [1.54, 1.807) is 0 Å². The molecule has 0 N–H and O–H groups in total. The summed E-state index contributed by atoms with van der Waals surface area (Å²) < 4.78 is 12.5. The first-order chi connectivity index (χ1) is 12.5. The summed E-state index contributed by atoms with van der Waals surface area (Å²) in [6.07, 6.45) is 4.29. The number of carbonyl (C=O) groups is 2. The van der Waals surface area contributed by atoms with E-state index in [9.17, 15) is 9.59 Å². The molecule has 1 amide bonds. The van der Waals surface area contributed by atoms with Crippen LogP contribution in [0.5, 0.6) is 0 Å². The van der Waals surface area contributed by atoms with Crippen molar-refractivity contribution in [1.82, 2.24) is 4.90 Å². The SMILES string of the molecule is CCCOC(=O)[C@H]1[C@H]2C(=O)N([C@H](C)c3ccc(Br)cc3)C[C@@]23C=C[C@H]1O3. The number of benzene rings is 1. The lowest BCUT2D eigenvalue weighted by molar-refractivity contribution is -0.154. The van der Waals surface area contributed by atoms with Crippen molar-refractivity contribution in [3.8, 4) is 0 Å². The fraction of sp³-hybridized carbons (Fsp3) is 0.500. The van der Waals surface area contributed by atoms with Gasteiger partial charge in [0.15, 0.2) is 0 Å². The van der Waals surface area contributed by atoms with Crippen molar-refractivity contribution in [2.45, 2.75) is 38.0 Å². The minimum atomic E-state index is -0.693. The maximum atomic E-state index is 13.2. The summed E-state index contributed by atoms with van der Waals surface area (Å²) in [7, 11) is 0. The molecule has 2 fully saturated rings. The van der Waals surface area contributed by atoms with Crippen LogP contribution < -0.4 is 0 Å². The van der Waals surface area contributed by atoms with E-state index in [1.807, 2.05) is 55.2 Å². The van der Waals surface area contributed by atoms with E-state index in [-0.39, 0.29) is 24.0 Å². The van der Waals surface area contributed by atoms with Crippen LogP contribution in [0.25, 0.3) is 0 Å². The molecule has 1 aromatic carbocycles. The van der Waals surface area contributed by atoms with Crippen molar-refractivity contribution < 1.29 is 19.1 Å². The number of fused-ring (bicyclic) bond motifs is 1. The fourth-order valence-electron chi connectivity index (χ4n) is 4.35. The van der Waals surface area contributed by atoms with Crippen LogP contribution in [0.4, 0.5) is 0 Å². The smallest absolute Gasteiger partial charge is 0.312 e. The zero-order valence-corrected chi connectivity index (χ0v) is 16.4. The molecular weight excluding hydrogens is 398 g/mol. The van der Waals surface area contributed by atoms with Crippen LogP contribution in [-0.4, -0.2) is 41.6 Å². The zero-order chi connectivity index (χ0) is 18.5. The number of amides is 1. The van der Waals surface area contributed by atoms with Gasteiger partial charge in [-0.1, -0.05) is 47.1 Å². The Labute approximate surface area is 161 Å². The van der Waals surface area contributed by atoms with E-state index in [2.05, 4.69) is 15.9 Å². The largest absolute Gasteiger partial charge is 0.465 e. The van der Waals surface area contributed by atoms with Crippen molar-refractivity contribution in [3.05, 3.63) is 46.5 Å². The lowest BCUT2D eigenvalue weighted by Crippen LogP contribution is -2.40. The second kappa shape index (κ2) is 6.50. The monoisotopic (exact) mass is 419 g/mol. The maximum absolute atomic E-state index is 13.2. The molecule has 5 atom stereocenters. The third kappa shape index (κ3) is 2.62. The predicted molar refractivity (Wildman–Crippen MR) is 99.2 cm³/mol. The van der Waals surface area contributed by atoms with Crippen molar-refractivity contribution in [2.75, 3.05) is 13.2 Å². The Morgan fingerprint density at radius 1 is 1.42 bits per heavy atom. The number of esters is 1. The number of ether oxygens (including phenoxy) is 2. The Bertz CT molecular complexity index is 762. The predicted octanol–water partition coefficient (Wildman–Crippen LogP) is 3.25. The van der Waals surface area contributed by atoms with E-state index in [0.717, 1.165) is 16.5 Å². The molecule has 0 aromatic heterocycles. The van der Waals surface area contributed by atoms with Crippen LogP contribution in [0.15, 0.2) is 40.9 Å². The number of hydrogen-bond donors (Lipinski definition) is 0. The van der Waals surface area contributed by atoms with Crippen LogP contribution in [0, 0.1) is 11.8 Å². The van der Waals surface area contributed by atoms with Gasteiger partial charge in [-0.25, -0.2) is 0 Å². The zero-order valence-electron chi connectivity index (χ0n) is 14.9. The van der Waals surface area contributed by atoms with Gasteiger partial charge in [0.25, 0.3) is 0 Å². The van der Waals surface area contributed by atoms with Gasteiger partial charge in [0.2, 0.25) is 5.91 Å². The van der Waals surface area contributed by atoms with Crippen molar-refractivity contribution in [1.29, 1.82) is 0 Å². The summed E-state index contributed by atoms with van der Waals surface area (Å²) in [5, 5.41) is 0.